The number of likely N-dealkylation sites (tertiary alicyclic amines) is 1. The van der Waals surface area contributed by atoms with Crippen LogP contribution in [-0.4, -0.2) is 123 Å². The highest BCUT2D eigenvalue weighted by atomic mass is 16.5. The summed E-state index contributed by atoms with van der Waals surface area (Å²) in [6.45, 7) is 16.6. The normalized spacial score (nSPS) is 22.2. The van der Waals surface area contributed by atoms with E-state index in [0.29, 0.717) is 12.5 Å². The molecule has 2 aliphatic heterocycles. The van der Waals surface area contributed by atoms with Crippen LogP contribution >= 0.6 is 0 Å². The van der Waals surface area contributed by atoms with Gasteiger partial charge in [0.1, 0.15) is 0 Å². The van der Waals surface area contributed by atoms with E-state index in [1.807, 2.05) is 4.90 Å². The van der Waals surface area contributed by atoms with Crippen molar-refractivity contribution in [2.45, 2.75) is 104 Å². The Morgan fingerprint density at radius 2 is 1.68 bits per heavy atom. The Balaban J connectivity index is 2.11. The molecule has 10 heteroatoms. The van der Waals surface area contributed by atoms with E-state index in [-0.39, 0.29) is 66.8 Å². The topological polar surface area (TPSA) is 103 Å². The van der Waals surface area contributed by atoms with E-state index in [4.69, 9.17) is 9.47 Å². The lowest BCUT2D eigenvalue weighted by Crippen LogP contribution is -2.55. The predicted octanol–water partition coefficient (Wildman–Crippen LogP) is 2.36. The van der Waals surface area contributed by atoms with Gasteiger partial charge in [-0.1, -0.05) is 48.0 Å². The average molecular weight is 582 g/mol. The first-order valence-electron chi connectivity index (χ1n) is 15.8. The molecule has 0 aromatic rings. The lowest BCUT2D eigenvalue weighted by atomic mass is 9.90. The number of carbonyl (C=O) groups is 3. The number of amides is 3. The van der Waals surface area contributed by atoms with E-state index < -0.39 is 6.10 Å². The Labute approximate surface area is 249 Å². The summed E-state index contributed by atoms with van der Waals surface area (Å²) in [7, 11) is 5.10. The average Bonchev–Trinajstić information content (AvgIpc) is 3.26. The molecular formula is C31H59N5O5. The van der Waals surface area contributed by atoms with E-state index in [9.17, 15) is 14.4 Å². The minimum atomic E-state index is -0.462. The first-order chi connectivity index (χ1) is 19.5. The second-order valence-electron chi connectivity index (χ2n) is 12.6. The number of hydrogen-bond acceptors (Lipinski definition) is 7. The fourth-order valence-corrected chi connectivity index (χ4v) is 6.78. The zero-order chi connectivity index (χ0) is 30.7. The molecule has 6 atom stereocenters. The molecule has 0 bridgehead atoms. The molecule has 238 valence electrons. The van der Waals surface area contributed by atoms with Crippen LogP contribution in [0.2, 0.25) is 0 Å². The Kier molecular flexibility index (Phi) is 15.0. The Hall–Kier alpha value is -1.75. The molecule has 0 aromatic heterocycles. The van der Waals surface area contributed by atoms with Crippen LogP contribution in [0.3, 0.4) is 0 Å². The molecule has 2 aliphatic rings. The SMILES string of the molecule is CCC(C)C(C(CC(=O)N1CCCC1C(OC)C(C)C)OC)N(C)C(=O)CNC(=O)C(C(C)C)N1CCCNCC1. The molecule has 0 radical (unpaired) electrons. The zero-order valence-corrected chi connectivity index (χ0v) is 27.3. The van der Waals surface area contributed by atoms with Gasteiger partial charge in [0.05, 0.1) is 43.3 Å². The van der Waals surface area contributed by atoms with Gasteiger partial charge < -0.3 is 29.9 Å². The highest BCUT2D eigenvalue weighted by molar-refractivity contribution is 5.87. The van der Waals surface area contributed by atoms with Gasteiger partial charge in [0.25, 0.3) is 0 Å². The maximum Gasteiger partial charge on any atom is 0.242 e. The van der Waals surface area contributed by atoms with Gasteiger partial charge in [0, 0.05) is 47.4 Å². The highest BCUT2D eigenvalue weighted by Gasteiger charge is 2.40. The summed E-state index contributed by atoms with van der Waals surface area (Å²) in [6.07, 6.45) is 3.42. The highest BCUT2D eigenvalue weighted by Crippen LogP contribution is 2.29. The molecule has 2 saturated heterocycles. The van der Waals surface area contributed by atoms with Gasteiger partial charge in [-0.25, -0.2) is 0 Å². The van der Waals surface area contributed by atoms with Crippen molar-refractivity contribution in [2.75, 3.05) is 60.5 Å². The summed E-state index contributed by atoms with van der Waals surface area (Å²) in [6, 6.07) is -0.534. The van der Waals surface area contributed by atoms with Crippen molar-refractivity contribution in [3.05, 3.63) is 0 Å². The largest absolute Gasteiger partial charge is 0.379 e. The molecule has 0 saturated carbocycles. The minimum Gasteiger partial charge on any atom is -0.379 e. The number of likely N-dealkylation sites (N-methyl/N-ethyl adjacent to an activating group) is 1. The van der Waals surface area contributed by atoms with Crippen LogP contribution in [0, 0.1) is 17.8 Å². The lowest BCUT2D eigenvalue weighted by molar-refractivity contribution is -0.144. The molecule has 2 rings (SSSR count). The third kappa shape index (κ3) is 9.63. The maximum atomic E-state index is 13.6. The Morgan fingerprint density at radius 3 is 2.27 bits per heavy atom. The molecular weight excluding hydrogens is 522 g/mol. The first kappa shape index (κ1) is 35.4. The van der Waals surface area contributed by atoms with Crippen LogP contribution in [0.4, 0.5) is 0 Å². The fraction of sp³-hybridized carbons (Fsp3) is 0.903. The number of methoxy groups -OCH3 is 2. The number of carbonyl (C=O) groups excluding carboxylic acids is 3. The number of rotatable bonds is 15. The van der Waals surface area contributed by atoms with E-state index in [2.05, 4.69) is 57.1 Å². The fourth-order valence-electron chi connectivity index (χ4n) is 6.78. The second-order valence-corrected chi connectivity index (χ2v) is 12.6. The summed E-state index contributed by atoms with van der Waals surface area (Å²) in [4.78, 5) is 46.3. The molecule has 6 unspecified atom stereocenters. The maximum absolute atomic E-state index is 13.6. The third-order valence-corrected chi connectivity index (χ3v) is 9.14. The van der Waals surface area contributed by atoms with Gasteiger partial charge in [-0.15, -0.1) is 0 Å². The number of nitrogens with zero attached hydrogens (tertiary/aromatic N) is 3. The van der Waals surface area contributed by atoms with E-state index in [0.717, 1.165) is 51.9 Å². The van der Waals surface area contributed by atoms with Crippen LogP contribution in [-0.2, 0) is 23.9 Å². The predicted molar refractivity (Wildman–Crippen MR) is 162 cm³/mol. The summed E-state index contributed by atoms with van der Waals surface area (Å²) in [5.41, 5.74) is 0. The van der Waals surface area contributed by atoms with Gasteiger partial charge in [-0.3, -0.25) is 19.3 Å². The van der Waals surface area contributed by atoms with Crippen LogP contribution < -0.4 is 10.6 Å². The summed E-state index contributed by atoms with van der Waals surface area (Å²) >= 11 is 0. The van der Waals surface area contributed by atoms with E-state index >= 15 is 0 Å². The second kappa shape index (κ2) is 17.4. The molecule has 2 fully saturated rings. The summed E-state index contributed by atoms with van der Waals surface area (Å²) in [5, 5.41) is 6.32. The van der Waals surface area contributed by atoms with Crippen molar-refractivity contribution in [1.29, 1.82) is 0 Å². The summed E-state index contributed by atoms with van der Waals surface area (Å²) < 4.78 is 11.7. The van der Waals surface area contributed by atoms with Crippen LogP contribution in [0.25, 0.3) is 0 Å². The molecule has 2 N–H and O–H groups in total. The molecule has 2 heterocycles. The van der Waals surface area contributed by atoms with Gasteiger partial charge in [0.15, 0.2) is 0 Å². The van der Waals surface area contributed by atoms with Gasteiger partial charge in [-0.05, 0) is 43.6 Å². The summed E-state index contributed by atoms with van der Waals surface area (Å²) in [5.74, 6) is 0.269. The van der Waals surface area contributed by atoms with Crippen LogP contribution in [0.1, 0.15) is 73.6 Å². The Morgan fingerprint density at radius 1 is 0.976 bits per heavy atom. The van der Waals surface area contributed by atoms with Crippen LogP contribution in [0.5, 0.6) is 0 Å². The molecule has 0 aliphatic carbocycles. The molecule has 3 amide bonds. The minimum absolute atomic E-state index is 0.0130. The van der Waals surface area contributed by atoms with Gasteiger partial charge in [-0.2, -0.15) is 0 Å². The first-order valence-corrected chi connectivity index (χ1v) is 15.8. The monoisotopic (exact) mass is 581 g/mol. The number of ether oxygens (including phenoxy) is 2. The van der Waals surface area contributed by atoms with Crippen molar-refractivity contribution in [3.8, 4) is 0 Å². The molecule has 0 spiro atoms. The number of nitrogens with one attached hydrogen (secondary N) is 2. The van der Waals surface area contributed by atoms with Crippen molar-refractivity contribution in [3.63, 3.8) is 0 Å². The van der Waals surface area contributed by atoms with Crippen molar-refractivity contribution >= 4 is 17.7 Å². The standard InChI is InChI=1S/C31H59N5O5/c1-10-23(6)29(25(40-8)19-26(37)36-17-11-13-24(36)30(41-9)22(4)5)34(7)27(38)20-33-31(39)28(21(2)3)35-16-12-14-32-15-18-35/h21-25,28-30,32H,10-20H2,1-9H3,(H,33,39). The number of hydrogen-bond donors (Lipinski definition) is 2. The smallest absolute Gasteiger partial charge is 0.242 e. The van der Waals surface area contributed by atoms with Crippen LogP contribution in [0.15, 0.2) is 0 Å². The van der Waals surface area contributed by atoms with Gasteiger partial charge >= 0.3 is 0 Å². The molecule has 10 nitrogen and oxygen atoms in total. The van der Waals surface area contributed by atoms with E-state index in [1.165, 1.54) is 0 Å². The van der Waals surface area contributed by atoms with Crippen molar-refractivity contribution < 1.29 is 23.9 Å². The lowest BCUT2D eigenvalue weighted by Gasteiger charge is -2.39. The van der Waals surface area contributed by atoms with E-state index in [1.54, 1.807) is 26.2 Å². The van der Waals surface area contributed by atoms with Gasteiger partial charge in [0.2, 0.25) is 17.7 Å². The quantitative estimate of drug-likeness (QED) is 0.306. The zero-order valence-electron chi connectivity index (χ0n) is 27.3. The van der Waals surface area contributed by atoms with Crippen molar-refractivity contribution in [2.24, 2.45) is 17.8 Å². The Bertz CT molecular complexity index is 817. The molecule has 0 aromatic carbocycles. The van der Waals surface area contributed by atoms with Crippen molar-refractivity contribution in [1.82, 2.24) is 25.3 Å². The molecule has 41 heavy (non-hydrogen) atoms. The third-order valence-electron chi connectivity index (χ3n) is 9.14.